The highest BCUT2D eigenvalue weighted by Crippen LogP contribution is 2.23. The van der Waals surface area contributed by atoms with Crippen LogP contribution in [0.2, 0.25) is 0 Å². The summed E-state index contributed by atoms with van der Waals surface area (Å²) in [5, 5.41) is 9.70. The monoisotopic (exact) mass is 253 g/mol. The number of hydrogen-bond acceptors (Lipinski definition) is 3. The number of rotatable bonds is 6. The van der Waals surface area contributed by atoms with Gasteiger partial charge in [-0.25, -0.2) is 0 Å². The van der Waals surface area contributed by atoms with E-state index in [9.17, 15) is 0 Å². The third-order valence-corrected chi connectivity index (χ3v) is 3.76. The van der Waals surface area contributed by atoms with Crippen LogP contribution in [-0.2, 0) is 6.54 Å². The van der Waals surface area contributed by atoms with Gasteiger partial charge in [0.25, 0.3) is 0 Å². The Bertz CT molecular complexity index is 323. The third kappa shape index (κ3) is 5.11. The van der Waals surface area contributed by atoms with Crippen molar-refractivity contribution in [3.05, 3.63) is 29.8 Å². The minimum absolute atomic E-state index is 0.206. The SMILES string of the molecule is CC(C)Sc1ccc(CN(C)C(C)CO)cc1. The Labute approximate surface area is 109 Å². The van der Waals surface area contributed by atoms with Crippen LogP contribution in [0.4, 0.5) is 0 Å². The van der Waals surface area contributed by atoms with E-state index < -0.39 is 0 Å². The maximum absolute atomic E-state index is 9.08. The summed E-state index contributed by atoms with van der Waals surface area (Å²) in [7, 11) is 2.04. The Morgan fingerprint density at radius 2 is 1.76 bits per heavy atom. The Balaban J connectivity index is 2.56. The van der Waals surface area contributed by atoms with Crippen LogP contribution in [0.5, 0.6) is 0 Å². The lowest BCUT2D eigenvalue weighted by atomic mass is 10.2. The van der Waals surface area contributed by atoms with Crippen molar-refractivity contribution in [2.24, 2.45) is 0 Å². The van der Waals surface area contributed by atoms with Gasteiger partial charge in [-0.3, -0.25) is 4.90 Å². The topological polar surface area (TPSA) is 23.5 Å². The first kappa shape index (κ1) is 14.6. The van der Waals surface area contributed by atoms with E-state index in [0.29, 0.717) is 5.25 Å². The van der Waals surface area contributed by atoms with Crippen molar-refractivity contribution < 1.29 is 5.11 Å². The van der Waals surface area contributed by atoms with E-state index >= 15 is 0 Å². The van der Waals surface area contributed by atoms with Crippen molar-refractivity contribution in [1.82, 2.24) is 4.90 Å². The van der Waals surface area contributed by atoms with Crippen LogP contribution in [0.25, 0.3) is 0 Å². The number of hydrogen-bond donors (Lipinski definition) is 1. The number of benzene rings is 1. The number of aliphatic hydroxyl groups excluding tert-OH is 1. The second kappa shape index (κ2) is 7.04. The van der Waals surface area contributed by atoms with Gasteiger partial charge in [0.15, 0.2) is 0 Å². The lowest BCUT2D eigenvalue weighted by Gasteiger charge is -2.22. The Hall–Kier alpha value is -0.510. The fraction of sp³-hybridized carbons (Fsp3) is 0.571. The van der Waals surface area contributed by atoms with Gasteiger partial charge in [-0.2, -0.15) is 0 Å². The molecule has 0 aliphatic heterocycles. The largest absolute Gasteiger partial charge is 0.395 e. The number of likely N-dealkylation sites (N-methyl/N-ethyl adjacent to an activating group) is 1. The quantitative estimate of drug-likeness (QED) is 0.788. The smallest absolute Gasteiger partial charge is 0.0584 e. The van der Waals surface area contributed by atoms with E-state index in [1.807, 2.05) is 25.7 Å². The van der Waals surface area contributed by atoms with E-state index in [4.69, 9.17) is 5.11 Å². The van der Waals surface area contributed by atoms with Crippen LogP contribution >= 0.6 is 11.8 Å². The molecule has 2 nitrogen and oxygen atoms in total. The third-order valence-electron chi connectivity index (χ3n) is 2.74. The Morgan fingerprint density at radius 3 is 2.24 bits per heavy atom. The molecule has 0 aliphatic carbocycles. The maximum Gasteiger partial charge on any atom is 0.0584 e. The highest BCUT2D eigenvalue weighted by Gasteiger charge is 2.08. The molecule has 0 bridgehead atoms. The Kier molecular flexibility index (Phi) is 6.03. The number of thioether (sulfide) groups is 1. The molecule has 0 aliphatic rings. The van der Waals surface area contributed by atoms with E-state index in [1.165, 1.54) is 10.5 Å². The summed E-state index contributed by atoms with van der Waals surface area (Å²) in [6.07, 6.45) is 0. The van der Waals surface area contributed by atoms with Crippen LogP contribution < -0.4 is 0 Å². The van der Waals surface area contributed by atoms with Gasteiger partial charge in [-0.05, 0) is 31.7 Å². The average Bonchev–Trinajstić information content (AvgIpc) is 2.30. The molecule has 1 rings (SSSR count). The summed E-state index contributed by atoms with van der Waals surface area (Å²) in [6.45, 7) is 7.53. The first-order chi connectivity index (χ1) is 8.02. The molecule has 3 heteroatoms. The molecule has 1 N–H and O–H groups in total. The zero-order chi connectivity index (χ0) is 12.8. The second-order valence-corrected chi connectivity index (χ2v) is 6.41. The van der Waals surface area contributed by atoms with Crippen molar-refractivity contribution in [3.63, 3.8) is 0 Å². The molecule has 96 valence electrons. The summed E-state index contributed by atoms with van der Waals surface area (Å²) in [6, 6.07) is 8.91. The van der Waals surface area contributed by atoms with Crippen LogP contribution in [0.1, 0.15) is 26.3 Å². The summed E-state index contributed by atoms with van der Waals surface area (Å²) in [5.74, 6) is 0. The van der Waals surface area contributed by atoms with Gasteiger partial charge < -0.3 is 5.11 Å². The van der Waals surface area contributed by atoms with Crippen molar-refractivity contribution in [1.29, 1.82) is 0 Å². The van der Waals surface area contributed by atoms with Crippen molar-refractivity contribution >= 4 is 11.8 Å². The van der Waals surface area contributed by atoms with Crippen LogP contribution in [0, 0.1) is 0 Å². The predicted molar refractivity (Wildman–Crippen MR) is 75.4 cm³/mol. The zero-order valence-electron chi connectivity index (χ0n) is 11.2. The minimum Gasteiger partial charge on any atom is -0.395 e. The van der Waals surface area contributed by atoms with Crippen molar-refractivity contribution in [2.45, 2.75) is 43.5 Å². The molecule has 1 atom stereocenters. The van der Waals surface area contributed by atoms with E-state index in [2.05, 4.69) is 43.0 Å². The van der Waals surface area contributed by atoms with Crippen molar-refractivity contribution in [2.75, 3.05) is 13.7 Å². The molecule has 0 fully saturated rings. The molecule has 17 heavy (non-hydrogen) atoms. The standard InChI is InChI=1S/C14H23NOS/c1-11(2)17-14-7-5-13(6-8-14)9-15(4)12(3)10-16/h5-8,11-12,16H,9-10H2,1-4H3. The highest BCUT2D eigenvalue weighted by atomic mass is 32.2. The first-order valence-electron chi connectivity index (χ1n) is 6.09. The normalized spacial score (nSPS) is 13.4. The number of aliphatic hydroxyl groups is 1. The second-order valence-electron chi connectivity index (χ2n) is 4.76. The summed E-state index contributed by atoms with van der Waals surface area (Å²) < 4.78 is 0. The summed E-state index contributed by atoms with van der Waals surface area (Å²) in [5.41, 5.74) is 1.29. The molecular weight excluding hydrogens is 230 g/mol. The van der Waals surface area contributed by atoms with Gasteiger partial charge in [-0.1, -0.05) is 26.0 Å². The molecule has 0 spiro atoms. The van der Waals surface area contributed by atoms with Crippen LogP contribution in [-0.4, -0.2) is 35.0 Å². The Morgan fingerprint density at radius 1 is 1.18 bits per heavy atom. The van der Waals surface area contributed by atoms with Gasteiger partial charge >= 0.3 is 0 Å². The minimum atomic E-state index is 0.206. The molecule has 0 radical (unpaired) electrons. The molecule has 0 heterocycles. The fourth-order valence-electron chi connectivity index (χ4n) is 1.53. The van der Waals surface area contributed by atoms with Gasteiger partial charge in [0.05, 0.1) is 6.61 Å². The summed E-state index contributed by atoms with van der Waals surface area (Å²) in [4.78, 5) is 3.48. The number of nitrogens with zero attached hydrogens (tertiary/aromatic N) is 1. The fourth-order valence-corrected chi connectivity index (χ4v) is 2.37. The van der Waals surface area contributed by atoms with Gasteiger partial charge in [0.1, 0.15) is 0 Å². The highest BCUT2D eigenvalue weighted by molar-refractivity contribution is 7.99. The van der Waals surface area contributed by atoms with Crippen molar-refractivity contribution in [3.8, 4) is 0 Å². The summed E-state index contributed by atoms with van der Waals surface area (Å²) >= 11 is 1.88. The average molecular weight is 253 g/mol. The van der Waals surface area contributed by atoms with Gasteiger partial charge in [0, 0.05) is 22.7 Å². The predicted octanol–water partition coefficient (Wildman–Crippen LogP) is 3.00. The van der Waals surface area contributed by atoms with Gasteiger partial charge in [0.2, 0.25) is 0 Å². The van der Waals surface area contributed by atoms with E-state index in [0.717, 1.165) is 6.54 Å². The lowest BCUT2D eigenvalue weighted by Crippen LogP contribution is -2.31. The first-order valence-corrected chi connectivity index (χ1v) is 6.97. The molecule has 1 aromatic carbocycles. The molecular formula is C14H23NOS. The molecule has 0 aromatic heterocycles. The zero-order valence-corrected chi connectivity index (χ0v) is 12.0. The molecule has 1 unspecified atom stereocenters. The van der Waals surface area contributed by atoms with Crippen LogP contribution in [0.3, 0.4) is 0 Å². The molecule has 0 amide bonds. The van der Waals surface area contributed by atoms with E-state index in [1.54, 1.807) is 0 Å². The lowest BCUT2D eigenvalue weighted by molar-refractivity contribution is 0.154. The molecule has 1 aromatic rings. The van der Waals surface area contributed by atoms with Crippen LogP contribution in [0.15, 0.2) is 29.2 Å². The maximum atomic E-state index is 9.08. The molecule has 0 saturated carbocycles. The van der Waals surface area contributed by atoms with Gasteiger partial charge in [-0.15, -0.1) is 11.8 Å². The van der Waals surface area contributed by atoms with E-state index in [-0.39, 0.29) is 12.6 Å². The molecule has 0 saturated heterocycles.